The lowest BCUT2D eigenvalue weighted by Crippen LogP contribution is -2.22. The molecule has 2 aromatic rings. The second kappa shape index (κ2) is 7.47. The number of halogens is 2. The van der Waals surface area contributed by atoms with Gasteiger partial charge >= 0.3 is 0 Å². The Labute approximate surface area is 140 Å². The van der Waals surface area contributed by atoms with E-state index in [4.69, 9.17) is 23.2 Å². The lowest BCUT2D eigenvalue weighted by atomic mass is 10.2. The van der Waals surface area contributed by atoms with Gasteiger partial charge in [0.2, 0.25) is 0 Å². The van der Waals surface area contributed by atoms with E-state index in [1.165, 1.54) is 0 Å². The van der Waals surface area contributed by atoms with Crippen LogP contribution in [-0.4, -0.2) is 24.0 Å². The van der Waals surface area contributed by atoms with Crippen LogP contribution in [0.5, 0.6) is 0 Å². The van der Waals surface area contributed by atoms with Crippen molar-refractivity contribution in [3.63, 3.8) is 0 Å². The highest BCUT2D eigenvalue weighted by atomic mass is 35.5. The molecule has 116 valence electrons. The van der Waals surface area contributed by atoms with Crippen molar-refractivity contribution in [1.82, 2.24) is 4.98 Å². The van der Waals surface area contributed by atoms with Crippen molar-refractivity contribution in [2.75, 3.05) is 23.3 Å². The van der Waals surface area contributed by atoms with E-state index in [1.54, 1.807) is 30.5 Å². The first-order valence-corrected chi connectivity index (χ1v) is 7.78. The number of nitrogens with one attached hydrogen (secondary N) is 1. The summed E-state index contributed by atoms with van der Waals surface area (Å²) >= 11 is 12.0. The highest BCUT2D eigenvalue weighted by Crippen LogP contribution is 2.29. The van der Waals surface area contributed by atoms with Gasteiger partial charge in [-0.1, -0.05) is 29.3 Å². The SMILES string of the molecule is CCN(CC)c1ccc(C(=O)Nc2cccc(Cl)c2Cl)nc1. The van der Waals surface area contributed by atoms with Crippen LogP contribution in [0.1, 0.15) is 24.3 Å². The summed E-state index contributed by atoms with van der Waals surface area (Å²) < 4.78 is 0. The molecular weight excluding hydrogens is 321 g/mol. The van der Waals surface area contributed by atoms with Crippen LogP contribution >= 0.6 is 23.2 Å². The maximum absolute atomic E-state index is 12.2. The van der Waals surface area contributed by atoms with Crippen molar-refractivity contribution in [2.45, 2.75) is 13.8 Å². The third-order valence-electron chi connectivity index (χ3n) is 3.31. The minimum absolute atomic E-state index is 0.317. The van der Waals surface area contributed by atoms with E-state index in [0.717, 1.165) is 18.8 Å². The lowest BCUT2D eigenvalue weighted by Gasteiger charge is -2.20. The molecule has 0 bridgehead atoms. The molecule has 1 N–H and O–H groups in total. The number of carbonyl (C=O) groups excluding carboxylic acids is 1. The third kappa shape index (κ3) is 3.70. The Morgan fingerprint density at radius 2 is 1.91 bits per heavy atom. The smallest absolute Gasteiger partial charge is 0.274 e. The van der Waals surface area contributed by atoms with Crippen LogP contribution < -0.4 is 10.2 Å². The van der Waals surface area contributed by atoms with Gasteiger partial charge in [-0.15, -0.1) is 0 Å². The molecule has 6 heteroatoms. The first-order chi connectivity index (χ1) is 10.6. The number of hydrogen-bond donors (Lipinski definition) is 1. The first-order valence-electron chi connectivity index (χ1n) is 7.03. The monoisotopic (exact) mass is 337 g/mol. The highest BCUT2D eigenvalue weighted by Gasteiger charge is 2.12. The summed E-state index contributed by atoms with van der Waals surface area (Å²) in [6.45, 7) is 5.93. The molecule has 1 aromatic heterocycles. The Morgan fingerprint density at radius 1 is 1.18 bits per heavy atom. The van der Waals surface area contributed by atoms with Gasteiger partial charge in [0.1, 0.15) is 5.69 Å². The van der Waals surface area contributed by atoms with Crippen LogP contribution in [0.3, 0.4) is 0 Å². The third-order valence-corrected chi connectivity index (χ3v) is 4.13. The molecular formula is C16H17Cl2N3O. The second-order valence-electron chi connectivity index (χ2n) is 4.63. The Hall–Kier alpha value is -1.78. The van der Waals surface area contributed by atoms with Gasteiger partial charge in [0.05, 0.1) is 27.6 Å². The number of aromatic nitrogens is 1. The fraction of sp³-hybridized carbons (Fsp3) is 0.250. The van der Waals surface area contributed by atoms with E-state index in [-0.39, 0.29) is 5.91 Å². The van der Waals surface area contributed by atoms with Crippen molar-refractivity contribution in [3.05, 3.63) is 52.3 Å². The molecule has 1 heterocycles. The molecule has 0 atom stereocenters. The lowest BCUT2D eigenvalue weighted by molar-refractivity contribution is 0.102. The number of amides is 1. The summed E-state index contributed by atoms with van der Waals surface area (Å²) in [7, 11) is 0. The number of carbonyl (C=O) groups is 1. The zero-order chi connectivity index (χ0) is 16.1. The molecule has 0 saturated carbocycles. The van der Waals surface area contributed by atoms with Crippen LogP contribution in [0.15, 0.2) is 36.5 Å². The average molecular weight is 338 g/mol. The average Bonchev–Trinajstić information content (AvgIpc) is 2.53. The summed E-state index contributed by atoms with van der Waals surface area (Å²) in [5.41, 5.74) is 1.78. The Kier molecular flexibility index (Phi) is 5.63. The van der Waals surface area contributed by atoms with Gasteiger partial charge in [0, 0.05) is 13.1 Å². The Morgan fingerprint density at radius 3 is 2.50 bits per heavy atom. The van der Waals surface area contributed by atoms with E-state index < -0.39 is 0 Å². The summed E-state index contributed by atoms with van der Waals surface area (Å²) in [5, 5.41) is 3.42. The summed E-state index contributed by atoms with van der Waals surface area (Å²) in [6, 6.07) is 8.66. The molecule has 0 saturated heterocycles. The summed E-state index contributed by atoms with van der Waals surface area (Å²) in [6.07, 6.45) is 1.70. The number of pyridine rings is 1. The summed E-state index contributed by atoms with van der Waals surface area (Å²) in [5.74, 6) is -0.324. The zero-order valence-electron chi connectivity index (χ0n) is 12.4. The molecule has 4 nitrogen and oxygen atoms in total. The minimum Gasteiger partial charge on any atom is -0.371 e. The Balaban J connectivity index is 2.15. The highest BCUT2D eigenvalue weighted by molar-refractivity contribution is 6.44. The molecule has 1 aromatic carbocycles. The second-order valence-corrected chi connectivity index (χ2v) is 5.41. The van der Waals surface area contributed by atoms with Crippen LogP contribution in [0.4, 0.5) is 11.4 Å². The predicted molar refractivity (Wildman–Crippen MR) is 92.2 cm³/mol. The number of benzene rings is 1. The fourth-order valence-electron chi connectivity index (χ4n) is 2.08. The quantitative estimate of drug-likeness (QED) is 0.874. The summed E-state index contributed by atoms with van der Waals surface area (Å²) in [4.78, 5) is 18.6. The molecule has 0 aliphatic rings. The maximum atomic E-state index is 12.2. The largest absolute Gasteiger partial charge is 0.371 e. The van der Waals surface area contributed by atoms with Gasteiger partial charge in [-0.2, -0.15) is 0 Å². The van der Waals surface area contributed by atoms with E-state index in [9.17, 15) is 4.79 Å². The van der Waals surface area contributed by atoms with Gasteiger partial charge in [-0.3, -0.25) is 4.79 Å². The van der Waals surface area contributed by atoms with Crippen molar-refractivity contribution in [3.8, 4) is 0 Å². The van der Waals surface area contributed by atoms with E-state index in [2.05, 4.69) is 29.0 Å². The molecule has 1 amide bonds. The maximum Gasteiger partial charge on any atom is 0.274 e. The van der Waals surface area contributed by atoms with E-state index >= 15 is 0 Å². The molecule has 0 fully saturated rings. The topological polar surface area (TPSA) is 45.2 Å². The molecule has 22 heavy (non-hydrogen) atoms. The normalized spacial score (nSPS) is 10.4. The number of anilines is 2. The fourth-order valence-corrected chi connectivity index (χ4v) is 2.43. The number of nitrogens with zero attached hydrogens (tertiary/aromatic N) is 2. The molecule has 0 radical (unpaired) electrons. The zero-order valence-corrected chi connectivity index (χ0v) is 13.9. The van der Waals surface area contributed by atoms with Crippen molar-refractivity contribution >= 4 is 40.5 Å². The Bertz CT molecular complexity index is 655. The van der Waals surface area contributed by atoms with Crippen LogP contribution in [0.25, 0.3) is 0 Å². The molecule has 0 unspecified atom stereocenters. The van der Waals surface area contributed by atoms with Gasteiger partial charge in [-0.05, 0) is 38.1 Å². The van der Waals surface area contributed by atoms with Crippen molar-refractivity contribution in [1.29, 1.82) is 0 Å². The molecule has 2 rings (SSSR count). The number of rotatable bonds is 5. The van der Waals surface area contributed by atoms with Gasteiger partial charge < -0.3 is 10.2 Å². The standard InChI is InChI=1S/C16H17Cl2N3O/c1-3-21(4-2)11-8-9-14(19-10-11)16(22)20-13-7-5-6-12(17)15(13)18/h5-10H,3-4H2,1-2H3,(H,20,22). The van der Waals surface area contributed by atoms with Crippen LogP contribution in [0.2, 0.25) is 10.0 Å². The minimum atomic E-state index is -0.324. The first kappa shape index (κ1) is 16.6. The van der Waals surface area contributed by atoms with Crippen molar-refractivity contribution in [2.24, 2.45) is 0 Å². The van der Waals surface area contributed by atoms with Gasteiger partial charge in [0.25, 0.3) is 5.91 Å². The van der Waals surface area contributed by atoms with Crippen LogP contribution in [-0.2, 0) is 0 Å². The predicted octanol–water partition coefficient (Wildman–Crippen LogP) is 4.49. The van der Waals surface area contributed by atoms with Gasteiger partial charge in [-0.25, -0.2) is 4.98 Å². The molecule has 0 spiro atoms. The molecule has 0 aliphatic heterocycles. The molecule has 0 aliphatic carbocycles. The van der Waals surface area contributed by atoms with Crippen LogP contribution in [0, 0.1) is 0 Å². The van der Waals surface area contributed by atoms with Crippen molar-refractivity contribution < 1.29 is 4.79 Å². The van der Waals surface area contributed by atoms with E-state index in [1.807, 2.05) is 6.07 Å². The van der Waals surface area contributed by atoms with E-state index in [0.29, 0.717) is 21.4 Å². The number of hydrogen-bond acceptors (Lipinski definition) is 3. The van der Waals surface area contributed by atoms with Gasteiger partial charge in [0.15, 0.2) is 0 Å².